The van der Waals surface area contributed by atoms with Crippen LogP contribution in [0.2, 0.25) is 10.0 Å². The van der Waals surface area contributed by atoms with Crippen LogP contribution in [0.25, 0.3) is 0 Å². The van der Waals surface area contributed by atoms with Crippen molar-refractivity contribution >= 4 is 35.1 Å². The molecule has 22 heavy (non-hydrogen) atoms. The second-order valence-electron chi connectivity index (χ2n) is 4.23. The average molecular weight is 338 g/mol. The molecule has 0 saturated heterocycles. The van der Waals surface area contributed by atoms with Crippen LogP contribution >= 0.6 is 23.2 Å². The van der Waals surface area contributed by atoms with E-state index in [4.69, 9.17) is 27.9 Å². The van der Waals surface area contributed by atoms with Gasteiger partial charge in [-0.3, -0.25) is 15.1 Å². The van der Waals surface area contributed by atoms with Gasteiger partial charge in [-0.2, -0.15) is 0 Å². The van der Waals surface area contributed by atoms with Crippen molar-refractivity contribution in [3.63, 3.8) is 0 Å². The van der Waals surface area contributed by atoms with Gasteiger partial charge in [0.05, 0.1) is 29.4 Å². The number of methoxy groups -OCH3 is 1. The molecule has 0 atom stereocenters. The van der Waals surface area contributed by atoms with Gasteiger partial charge in [0.2, 0.25) is 0 Å². The number of aliphatic imine (C=N–C) groups is 1. The first-order chi connectivity index (χ1) is 10.6. The number of aromatic nitrogens is 1. The lowest BCUT2D eigenvalue weighted by molar-refractivity contribution is 0.0968. The summed E-state index contributed by atoms with van der Waals surface area (Å²) in [4.78, 5) is 20.4. The summed E-state index contributed by atoms with van der Waals surface area (Å²) in [6.45, 7) is 0.297. The van der Waals surface area contributed by atoms with Gasteiger partial charge in [0.1, 0.15) is 0 Å². The third-order valence-corrected chi connectivity index (χ3v) is 3.45. The quantitative estimate of drug-likeness (QED) is 0.690. The van der Waals surface area contributed by atoms with Crippen LogP contribution in [0, 0.1) is 0 Å². The first kappa shape index (κ1) is 16.3. The van der Waals surface area contributed by atoms with Crippen molar-refractivity contribution in [1.82, 2.24) is 10.3 Å². The summed E-state index contributed by atoms with van der Waals surface area (Å²) in [5.41, 5.74) is 1.12. The second-order valence-corrected chi connectivity index (χ2v) is 5.04. The fourth-order valence-electron chi connectivity index (χ4n) is 1.61. The number of amides is 1. The Morgan fingerprint density at radius 2 is 2.09 bits per heavy atom. The highest BCUT2D eigenvalue weighted by atomic mass is 35.5. The maximum atomic E-state index is 12.1. The number of carbonyl (C=O) groups excluding carboxylic acids is 1. The second kappa shape index (κ2) is 7.77. The zero-order valence-corrected chi connectivity index (χ0v) is 13.2. The summed E-state index contributed by atoms with van der Waals surface area (Å²) in [6, 6.07) is 10.2. The zero-order chi connectivity index (χ0) is 15.9. The number of nitrogens with one attached hydrogen (secondary N) is 1. The van der Waals surface area contributed by atoms with Crippen LogP contribution in [0.3, 0.4) is 0 Å². The fraction of sp³-hybridized carbons (Fsp3) is 0.133. The Labute approximate surface area is 137 Å². The van der Waals surface area contributed by atoms with Crippen LogP contribution in [0.1, 0.15) is 16.1 Å². The number of hydrogen-bond acceptors (Lipinski definition) is 4. The van der Waals surface area contributed by atoms with Gasteiger partial charge in [-0.25, -0.2) is 4.99 Å². The summed E-state index contributed by atoms with van der Waals surface area (Å²) >= 11 is 11.7. The summed E-state index contributed by atoms with van der Waals surface area (Å²) in [6.07, 6.45) is 1.67. The number of rotatable bonds is 3. The van der Waals surface area contributed by atoms with Crippen LogP contribution in [-0.4, -0.2) is 24.0 Å². The van der Waals surface area contributed by atoms with Gasteiger partial charge in [-0.1, -0.05) is 29.3 Å². The molecule has 0 saturated carbocycles. The molecule has 5 nitrogen and oxygen atoms in total. The number of amidine groups is 1. The van der Waals surface area contributed by atoms with Crippen molar-refractivity contribution in [1.29, 1.82) is 0 Å². The van der Waals surface area contributed by atoms with Gasteiger partial charge < -0.3 is 4.74 Å². The van der Waals surface area contributed by atoms with E-state index in [9.17, 15) is 4.79 Å². The van der Waals surface area contributed by atoms with E-state index in [-0.39, 0.29) is 11.9 Å². The number of ether oxygens (including phenoxy) is 1. The molecule has 7 heteroatoms. The normalized spacial score (nSPS) is 11.1. The molecule has 0 aliphatic heterocycles. The van der Waals surface area contributed by atoms with E-state index in [1.165, 1.54) is 13.2 Å². The van der Waals surface area contributed by atoms with Gasteiger partial charge in [0, 0.05) is 11.8 Å². The minimum atomic E-state index is -0.389. The van der Waals surface area contributed by atoms with E-state index in [1.807, 2.05) is 18.2 Å². The number of nitrogens with zero attached hydrogens (tertiary/aromatic N) is 2. The third kappa shape index (κ3) is 4.44. The van der Waals surface area contributed by atoms with Gasteiger partial charge in [0.25, 0.3) is 11.9 Å². The molecule has 1 aromatic heterocycles. The SMILES string of the molecule is COC(=NCc1ccccn1)NC(=O)c1ccc(Cl)c(Cl)c1. The standard InChI is InChI=1S/C15H13Cl2N3O2/c1-22-15(19-9-11-4-2-3-7-18-11)20-14(21)10-5-6-12(16)13(17)8-10/h2-8H,9H2,1H3,(H,19,20,21). The van der Waals surface area contributed by atoms with Crippen molar-refractivity contribution in [2.24, 2.45) is 4.99 Å². The van der Waals surface area contributed by atoms with Gasteiger partial charge in [0.15, 0.2) is 0 Å². The molecule has 1 N–H and O–H groups in total. The van der Waals surface area contributed by atoms with E-state index in [2.05, 4.69) is 15.3 Å². The largest absolute Gasteiger partial charge is 0.468 e. The van der Waals surface area contributed by atoms with Crippen LogP contribution < -0.4 is 5.32 Å². The summed E-state index contributed by atoms with van der Waals surface area (Å²) in [7, 11) is 1.42. The molecule has 1 aromatic carbocycles. The molecule has 1 heterocycles. The minimum absolute atomic E-state index is 0.0988. The molecule has 0 aliphatic carbocycles. The van der Waals surface area contributed by atoms with E-state index < -0.39 is 0 Å². The molecule has 0 radical (unpaired) electrons. The molecule has 0 aliphatic rings. The Kier molecular flexibility index (Phi) is 5.75. The Hall–Kier alpha value is -2.11. The number of benzene rings is 1. The smallest absolute Gasteiger partial charge is 0.291 e. The number of halogens is 2. The van der Waals surface area contributed by atoms with E-state index in [1.54, 1.807) is 18.3 Å². The number of hydrogen-bond donors (Lipinski definition) is 1. The highest BCUT2D eigenvalue weighted by molar-refractivity contribution is 6.42. The van der Waals surface area contributed by atoms with Crippen molar-refractivity contribution < 1.29 is 9.53 Å². The molecular weight excluding hydrogens is 325 g/mol. The summed E-state index contributed by atoms with van der Waals surface area (Å²) in [5.74, 6) is -0.389. The van der Waals surface area contributed by atoms with E-state index in [0.29, 0.717) is 22.2 Å². The first-order valence-corrected chi connectivity index (χ1v) is 7.10. The lowest BCUT2D eigenvalue weighted by Gasteiger charge is -2.08. The van der Waals surface area contributed by atoms with Crippen molar-refractivity contribution in [2.45, 2.75) is 6.54 Å². The minimum Gasteiger partial charge on any atom is -0.468 e. The number of carbonyl (C=O) groups is 1. The lowest BCUT2D eigenvalue weighted by atomic mass is 10.2. The lowest BCUT2D eigenvalue weighted by Crippen LogP contribution is -2.31. The monoisotopic (exact) mass is 337 g/mol. The highest BCUT2D eigenvalue weighted by Gasteiger charge is 2.11. The van der Waals surface area contributed by atoms with E-state index in [0.717, 1.165) is 5.69 Å². The maximum Gasteiger partial charge on any atom is 0.291 e. The van der Waals surface area contributed by atoms with Crippen LogP contribution in [0.15, 0.2) is 47.6 Å². The van der Waals surface area contributed by atoms with Crippen LogP contribution in [-0.2, 0) is 11.3 Å². The molecular formula is C15H13Cl2N3O2. The third-order valence-electron chi connectivity index (χ3n) is 2.71. The molecule has 0 bridgehead atoms. The highest BCUT2D eigenvalue weighted by Crippen LogP contribution is 2.22. The molecule has 0 fully saturated rings. The van der Waals surface area contributed by atoms with Gasteiger partial charge in [-0.15, -0.1) is 0 Å². The summed E-state index contributed by atoms with van der Waals surface area (Å²) < 4.78 is 5.05. The average Bonchev–Trinajstić information content (AvgIpc) is 2.54. The van der Waals surface area contributed by atoms with Gasteiger partial charge in [-0.05, 0) is 30.3 Å². The molecule has 0 unspecified atom stereocenters. The van der Waals surface area contributed by atoms with Crippen molar-refractivity contribution in [3.8, 4) is 0 Å². The Morgan fingerprint density at radius 1 is 1.27 bits per heavy atom. The zero-order valence-electron chi connectivity index (χ0n) is 11.7. The Bertz CT molecular complexity index is 690. The summed E-state index contributed by atoms with van der Waals surface area (Å²) in [5, 5.41) is 3.25. The van der Waals surface area contributed by atoms with Crippen LogP contribution in [0.4, 0.5) is 0 Å². The topological polar surface area (TPSA) is 63.6 Å². The molecule has 0 spiro atoms. The molecule has 114 valence electrons. The van der Waals surface area contributed by atoms with Gasteiger partial charge >= 0.3 is 0 Å². The Balaban J connectivity index is 2.05. The Morgan fingerprint density at radius 3 is 2.73 bits per heavy atom. The molecule has 2 rings (SSSR count). The van der Waals surface area contributed by atoms with Crippen molar-refractivity contribution in [3.05, 3.63) is 63.9 Å². The predicted molar refractivity (Wildman–Crippen MR) is 86.3 cm³/mol. The fourth-order valence-corrected chi connectivity index (χ4v) is 1.90. The van der Waals surface area contributed by atoms with Crippen LogP contribution in [0.5, 0.6) is 0 Å². The maximum absolute atomic E-state index is 12.1. The van der Waals surface area contributed by atoms with Crippen molar-refractivity contribution in [2.75, 3.05) is 7.11 Å². The number of pyridine rings is 1. The molecule has 2 aromatic rings. The molecule has 1 amide bonds. The predicted octanol–water partition coefficient (Wildman–Crippen LogP) is 3.32. The first-order valence-electron chi connectivity index (χ1n) is 6.35. The van der Waals surface area contributed by atoms with E-state index >= 15 is 0 Å².